The molecule has 0 aromatic heterocycles. The minimum Gasteiger partial charge on any atom is -0.457 e. The molecule has 1 aromatic carbocycles. The molecule has 1 rings (SSSR count). The van der Waals surface area contributed by atoms with Crippen LogP contribution in [0.5, 0.6) is 0 Å². The number of ether oxygens (including phenoxy) is 1. The first kappa shape index (κ1) is 17.2. The molecule has 0 saturated heterocycles. The van der Waals surface area contributed by atoms with Gasteiger partial charge in [0, 0.05) is 5.57 Å². The third-order valence-electron chi connectivity index (χ3n) is 3.69. The van der Waals surface area contributed by atoms with Gasteiger partial charge in [0.05, 0.1) is 5.56 Å². The lowest BCUT2D eigenvalue weighted by atomic mass is 9.86. The lowest BCUT2D eigenvalue weighted by Crippen LogP contribution is -2.11. The molecule has 0 radical (unpaired) electrons. The number of carbonyl (C=O) groups is 2. The van der Waals surface area contributed by atoms with E-state index in [0.717, 1.165) is 6.42 Å². The summed E-state index contributed by atoms with van der Waals surface area (Å²) in [5.74, 6) is 0.460. The quantitative estimate of drug-likeness (QED) is 0.559. The van der Waals surface area contributed by atoms with E-state index >= 15 is 0 Å². The van der Waals surface area contributed by atoms with E-state index in [4.69, 9.17) is 4.74 Å². The average molecular weight is 288 g/mol. The van der Waals surface area contributed by atoms with E-state index in [0.29, 0.717) is 23.0 Å². The lowest BCUT2D eigenvalue weighted by molar-refractivity contribution is -0.114. The van der Waals surface area contributed by atoms with Crippen LogP contribution in [0.4, 0.5) is 0 Å². The molecule has 0 heterocycles. The number of Topliss-reactive ketones (excluding diaryl/α,β-unsaturated/α-hetero) is 1. The zero-order valence-corrected chi connectivity index (χ0v) is 13.3. The molecule has 0 bridgehead atoms. The van der Waals surface area contributed by atoms with Crippen molar-refractivity contribution in [3.8, 4) is 0 Å². The minimum atomic E-state index is -0.429. The number of carbonyl (C=O) groups excluding carboxylic acids is 2. The van der Waals surface area contributed by atoms with Crippen molar-refractivity contribution >= 4 is 11.8 Å². The first-order valence-electron chi connectivity index (χ1n) is 7.32. The molecule has 3 nitrogen and oxygen atoms in total. The fourth-order valence-electron chi connectivity index (χ4n) is 2.30. The predicted molar refractivity (Wildman–Crippen MR) is 84.4 cm³/mol. The highest BCUT2D eigenvalue weighted by molar-refractivity contribution is 5.94. The summed E-state index contributed by atoms with van der Waals surface area (Å²) in [7, 11) is 0. The maximum absolute atomic E-state index is 11.9. The van der Waals surface area contributed by atoms with Crippen molar-refractivity contribution in [1.29, 1.82) is 0 Å². The van der Waals surface area contributed by atoms with E-state index in [1.54, 1.807) is 12.1 Å². The van der Waals surface area contributed by atoms with E-state index in [2.05, 4.69) is 27.4 Å². The van der Waals surface area contributed by atoms with Crippen molar-refractivity contribution in [2.45, 2.75) is 40.0 Å². The first-order valence-corrected chi connectivity index (χ1v) is 7.32. The summed E-state index contributed by atoms with van der Waals surface area (Å²) in [5.41, 5.74) is 2.02. The molecule has 1 aromatic rings. The molecule has 21 heavy (non-hydrogen) atoms. The van der Waals surface area contributed by atoms with Crippen LogP contribution >= 0.6 is 0 Å². The van der Waals surface area contributed by atoms with Crippen molar-refractivity contribution in [3.05, 3.63) is 47.5 Å². The fraction of sp³-hybridized carbons (Fsp3) is 0.444. The van der Waals surface area contributed by atoms with Crippen LogP contribution < -0.4 is 0 Å². The average Bonchev–Trinajstić information content (AvgIpc) is 2.45. The van der Waals surface area contributed by atoms with E-state index in [-0.39, 0.29) is 12.4 Å². The normalized spacial score (nSPS) is 12.0. The Bertz CT molecular complexity index is 512. The zero-order chi connectivity index (χ0) is 16.0. The Hall–Kier alpha value is -1.90. The van der Waals surface area contributed by atoms with Gasteiger partial charge in [0.15, 0.2) is 5.78 Å². The van der Waals surface area contributed by atoms with Gasteiger partial charge in [0.1, 0.15) is 6.61 Å². The highest BCUT2D eigenvalue weighted by Crippen LogP contribution is 2.27. The van der Waals surface area contributed by atoms with Gasteiger partial charge in [-0.25, -0.2) is 4.79 Å². The molecule has 0 aliphatic carbocycles. The molecule has 1 unspecified atom stereocenters. The fourth-order valence-corrected chi connectivity index (χ4v) is 2.30. The molecule has 0 fully saturated rings. The van der Waals surface area contributed by atoms with Crippen LogP contribution in [0.2, 0.25) is 0 Å². The van der Waals surface area contributed by atoms with Crippen LogP contribution in [-0.4, -0.2) is 18.4 Å². The summed E-state index contributed by atoms with van der Waals surface area (Å²) >= 11 is 0. The van der Waals surface area contributed by atoms with Gasteiger partial charge >= 0.3 is 5.97 Å². The second-order valence-corrected chi connectivity index (χ2v) is 5.62. The molecule has 0 N–H and O–H groups in total. The Labute approximate surface area is 127 Å². The smallest absolute Gasteiger partial charge is 0.338 e. The summed E-state index contributed by atoms with van der Waals surface area (Å²) in [5, 5.41) is 0. The Balaban J connectivity index is 2.71. The molecule has 0 saturated carbocycles. The molecule has 0 aliphatic heterocycles. The molecule has 0 spiro atoms. The number of ketones is 1. The topological polar surface area (TPSA) is 43.4 Å². The van der Waals surface area contributed by atoms with Gasteiger partial charge in [-0.2, -0.15) is 0 Å². The Morgan fingerprint density at radius 2 is 1.76 bits per heavy atom. The highest BCUT2D eigenvalue weighted by Gasteiger charge is 2.15. The van der Waals surface area contributed by atoms with E-state index < -0.39 is 5.97 Å². The Morgan fingerprint density at radius 1 is 1.19 bits per heavy atom. The highest BCUT2D eigenvalue weighted by atomic mass is 16.5. The number of rotatable bonds is 7. The van der Waals surface area contributed by atoms with Crippen molar-refractivity contribution in [1.82, 2.24) is 0 Å². The zero-order valence-electron chi connectivity index (χ0n) is 13.3. The first-order chi connectivity index (χ1) is 9.86. The number of benzene rings is 1. The predicted octanol–water partition coefficient (Wildman–Crippen LogP) is 4.14. The van der Waals surface area contributed by atoms with Gasteiger partial charge < -0.3 is 4.74 Å². The molecular formula is C18H24O3. The van der Waals surface area contributed by atoms with Gasteiger partial charge in [-0.05, 0) is 42.9 Å². The summed E-state index contributed by atoms with van der Waals surface area (Å²) < 4.78 is 5.07. The number of esters is 1. The largest absolute Gasteiger partial charge is 0.457 e. The van der Waals surface area contributed by atoms with Crippen LogP contribution in [0, 0.1) is 5.92 Å². The van der Waals surface area contributed by atoms with Gasteiger partial charge in [0.25, 0.3) is 0 Å². The lowest BCUT2D eigenvalue weighted by Gasteiger charge is -2.19. The second kappa shape index (κ2) is 7.77. The Kier molecular flexibility index (Phi) is 6.35. The van der Waals surface area contributed by atoms with Crippen molar-refractivity contribution in [2.24, 2.45) is 5.92 Å². The van der Waals surface area contributed by atoms with Gasteiger partial charge in [0.2, 0.25) is 0 Å². The summed E-state index contributed by atoms with van der Waals surface area (Å²) in [6.45, 7) is 11.5. The van der Waals surface area contributed by atoms with Crippen LogP contribution in [0.3, 0.4) is 0 Å². The second-order valence-electron chi connectivity index (χ2n) is 5.62. The third-order valence-corrected chi connectivity index (χ3v) is 3.69. The Morgan fingerprint density at radius 3 is 2.19 bits per heavy atom. The summed E-state index contributed by atoms with van der Waals surface area (Å²) in [6, 6.07) is 7.51. The summed E-state index contributed by atoms with van der Waals surface area (Å²) in [6.07, 6.45) is 1.07. The monoisotopic (exact) mass is 288 g/mol. The van der Waals surface area contributed by atoms with Crippen LogP contribution in [-0.2, 0) is 9.53 Å². The van der Waals surface area contributed by atoms with Gasteiger partial charge in [-0.3, -0.25) is 4.79 Å². The molecule has 114 valence electrons. The third kappa shape index (κ3) is 4.85. The van der Waals surface area contributed by atoms with Gasteiger partial charge in [-0.1, -0.05) is 39.5 Å². The maximum Gasteiger partial charge on any atom is 0.338 e. The van der Waals surface area contributed by atoms with E-state index in [9.17, 15) is 9.59 Å². The van der Waals surface area contributed by atoms with Crippen LogP contribution in [0.25, 0.3) is 0 Å². The van der Waals surface area contributed by atoms with Crippen LogP contribution in [0.1, 0.15) is 56.0 Å². The van der Waals surface area contributed by atoms with Crippen molar-refractivity contribution in [3.63, 3.8) is 0 Å². The molecule has 1 atom stereocenters. The minimum absolute atomic E-state index is 0.0561. The number of hydrogen-bond acceptors (Lipinski definition) is 3. The van der Waals surface area contributed by atoms with Crippen molar-refractivity contribution in [2.75, 3.05) is 6.61 Å². The SMILES string of the molecule is C=C(COC(=O)c1ccc(C(CC)C(C)C)cc1)C(C)=O. The molecule has 3 heteroatoms. The molecular weight excluding hydrogens is 264 g/mol. The van der Waals surface area contributed by atoms with Gasteiger partial charge in [-0.15, -0.1) is 0 Å². The molecule has 0 amide bonds. The van der Waals surface area contributed by atoms with E-state index in [1.165, 1.54) is 12.5 Å². The van der Waals surface area contributed by atoms with Crippen molar-refractivity contribution < 1.29 is 14.3 Å². The van der Waals surface area contributed by atoms with E-state index in [1.807, 2.05) is 12.1 Å². The standard InChI is InChI=1S/C18H24O3/c1-6-17(12(2)3)15-7-9-16(10-8-15)18(20)21-11-13(4)14(5)19/h7-10,12,17H,4,6,11H2,1-3,5H3. The number of hydrogen-bond donors (Lipinski definition) is 0. The maximum atomic E-state index is 11.9. The summed E-state index contributed by atoms with van der Waals surface area (Å²) in [4.78, 5) is 22.9. The van der Waals surface area contributed by atoms with Crippen LogP contribution in [0.15, 0.2) is 36.4 Å². The molecule has 0 aliphatic rings.